The number of pyridine rings is 2. The van der Waals surface area contributed by atoms with Gasteiger partial charge in [0.05, 0.1) is 29.5 Å². The molecule has 1 fully saturated rings. The molecule has 0 bridgehead atoms. The van der Waals surface area contributed by atoms with Crippen LogP contribution in [0.3, 0.4) is 0 Å². The van der Waals surface area contributed by atoms with Gasteiger partial charge in [-0.25, -0.2) is 19.9 Å². The monoisotopic (exact) mass is 492 g/mol. The predicted octanol–water partition coefficient (Wildman–Crippen LogP) is 3.36. The Bertz CT molecular complexity index is 1260. The fourth-order valence-corrected chi connectivity index (χ4v) is 4.08. The molecule has 0 saturated carbocycles. The first-order chi connectivity index (χ1) is 15.6. The number of piperazine rings is 1. The molecule has 162 valence electrons. The van der Waals surface area contributed by atoms with Crippen LogP contribution in [0.2, 0.25) is 0 Å². The van der Waals surface area contributed by atoms with E-state index in [0.717, 1.165) is 53.4 Å². The van der Waals surface area contributed by atoms with Crippen molar-refractivity contribution in [2.45, 2.75) is 6.92 Å². The van der Waals surface area contributed by atoms with E-state index < -0.39 is 0 Å². The second-order valence-electron chi connectivity index (χ2n) is 7.50. The van der Waals surface area contributed by atoms with Crippen LogP contribution in [0.15, 0.2) is 59.6 Å². The molecule has 0 spiro atoms. The Balaban J connectivity index is 1.31. The molecule has 0 unspecified atom stereocenters. The van der Waals surface area contributed by atoms with Gasteiger partial charge in [-0.05, 0) is 46.3 Å². The molecule has 1 N–H and O–H groups in total. The first-order valence-corrected chi connectivity index (χ1v) is 11.1. The van der Waals surface area contributed by atoms with Crippen molar-refractivity contribution >= 4 is 44.9 Å². The van der Waals surface area contributed by atoms with Crippen molar-refractivity contribution in [2.24, 2.45) is 0 Å². The maximum absolute atomic E-state index is 11.5. The van der Waals surface area contributed by atoms with Gasteiger partial charge in [-0.3, -0.25) is 9.20 Å². The van der Waals surface area contributed by atoms with Crippen LogP contribution in [-0.2, 0) is 4.79 Å². The standard InChI is InChI=1S/C22H21BrN8O/c1-15(32)29-8-10-30(11-9-29)17-3-4-20(25-12-17)28-22-24-7-6-18(27-22)19-13-26-21-5-2-16(23)14-31(19)21/h2-7,12-14H,8-11H2,1H3,(H,24,25,27,28). The lowest BCUT2D eigenvalue weighted by Gasteiger charge is -2.35. The Labute approximate surface area is 193 Å². The predicted molar refractivity (Wildman–Crippen MR) is 126 cm³/mol. The number of nitrogens with one attached hydrogen (secondary N) is 1. The van der Waals surface area contributed by atoms with Gasteiger partial charge in [0.15, 0.2) is 0 Å². The highest BCUT2D eigenvalue weighted by Gasteiger charge is 2.19. The van der Waals surface area contributed by atoms with Crippen molar-refractivity contribution in [2.75, 3.05) is 36.4 Å². The van der Waals surface area contributed by atoms with E-state index in [1.54, 1.807) is 19.3 Å². The van der Waals surface area contributed by atoms with E-state index in [9.17, 15) is 4.79 Å². The normalized spacial score (nSPS) is 14.1. The SMILES string of the molecule is CC(=O)N1CCN(c2ccc(Nc3nccc(-c4cnc5ccc(Br)cn45)n3)nc2)CC1. The van der Waals surface area contributed by atoms with Crippen molar-refractivity contribution in [1.29, 1.82) is 0 Å². The summed E-state index contributed by atoms with van der Waals surface area (Å²) in [7, 11) is 0. The molecule has 0 atom stereocenters. The maximum atomic E-state index is 11.5. The molecule has 10 heteroatoms. The largest absolute Gasteiger partial charge is 0.367 e. The number of carbonyl (C=O) groups is 1. The highest BCUT2D eigenvalue weighted by atomic mass is 79.9. The van der Waals surface area contributed by atoms with E-state index >= 15 is 0 Å². The summed E-state index contributed by atoms with van der Waals surface area (Å²) in [4.78, 5) is 33.5. The maximum Gasteiger partial charge on any atom is 0.228 e. The summed E-state index contributed by atoms with van der Waals surface area (Å²) in [5, 5.41) is 3.17. The van der Waals surface area contributed by atoms with Gasteiger partial charge >= 0.3 is 0 Å². The van der Waals surface area contributed by atoms with Gasteiger partial charge in [-0.1, -0.05) is 0 Å². The molecule has 1 saturated heterocycles. The molecule has 32 heavy (non-hydrogen) atoms. The van der Waals surface area contributed by atoms with Gasteiger partial charge in [0.2, 0.25) is 11.9 Å². The van der Waals surface area contributed by atoms with Gasteiger partial charge in [0.1, 0.15) is 11.5 Å². The third-order valence-corrected chi connectivity index (χ3v) is 5.93. The molecule has 0 radical (unpaired) electrons. The molecule has 9 nitrogen and oxygen atoms in total. The number of fused-ring (bicyclic) bond motifs is 1. The van der Waals surface area contributed by atoms with Gasteiger partial charge in [0, 0.05) is 50.0 Å². The second kappa shape index (κ2) is 8.54. The number of amides is 1. The first-order valence-electron chi connectivity index (χ1n) is 10.3. The Morgan fingerprint density at radius 1 is 1.00 bits per heavy atom. The number of hydrogen-bond donors (Lipinski definition) is 1. The van der Waals surface area contributed by atoms with E-state index in [2.05, 4.69) is 46.1 Å². The summed E-state index contributed by atoms with van der Waals surface area (Å²) in [5.41, 5.74) is 3.51. The molecular formula is C22H21BrN8O. The molecular weight excluding hydrogens is 472 g/mol. The summed E-state index contributed by atoms with van der Waals surface area (Å²) >= 11 is 3.50. The van der Waals surface area contributed by atoms with Crippen LogP contribution in [0.25, 0.3) is 17.0 Å². The molecule has 1 aliphatic heterocycles. The smallest absolute Gasteiger partial charge is 0.228 e. The third kappa shape index (κ3) is 4.13. The Kier molecular flexibility index (Phi) is 5.44. The van der Waals surface area contributed by atoms with Crippen molar-refractivity contribution in [3.05, 3.63) is 59.6 Å². The van der Waals surface area contributed by atoms with Gasteiger partial charge in [-0.2, -0.15) is 0 Å². The lowest BCUT2D eigenvalue weighted by Crippen LogP contribution is -2.48. The lowest BCUT2D eigenvalue weighted by atomic mass is 10.2. The van der Waals surface area contributed by atoms with Crippen LogP contribution in [0.1, 0.15) is 6.92 Å². The van der Waals surface area contributed by atoms with Crippen molar-refractivity contribution in [3.8, 4) is 11.4 Å². The van der Waals surface area contributed by atoms with Crippen LogP contribution in [0.4, 0.5) is 17.5 Å². The number of hydrogen-bond acceptors (Lipinski definition) is 7. The van der Waals surface area contributed by atoms with Crippen LogP contribution in [0, 0.1) is 0 Å². The summed E-state index contributed by atoms with van der Waals surface area (Å²) in [6, 6.07) is 9.68. The molecule has 4 aromatic rings. The lowest BCUT2D eigenvalue weighted by molar-refractivity contribution is -0.129. The molecule has 0 aliphatic carbocycles. The van der Waals surface area contributed by atoms with E-state index in [1.807, 2.05) is 52.0 Å². The fourth-order valence-electron chi connectivity index (χ4n) is 3.75. The van der Waals surface area contributed by atoms with Crippen molar-refractivity contribution in [3.63, 3.8) is 0 Å². The zero-order valence-electron chi connectivity index (χ0n) is 17.4. The highest BCUT2D eigenvalue weighted by Crippen LogP contribution is 2.23. The van der Waals surface area contributed by atoms with Gasteiger partial charge in [0.25, 0.3) is 0 Å². The summed E-state index contributed by atoms with van der Waals surface area (Å²) < 4.78 is 2.94. The molecule has 1 aliphatic rings. The third-order valence-electron chi connectivity index (χ3n) is 5.47. The van der Waals surface area contributed by atoms with Crippen LogP contribution in [0.5, 0.6) is 0 Å². The summed E-state index contributed by atoms with van der Waals surface area (Å²) in [5.74, 6) is 1.25. The van der Waals surface area contributed by atoms with Crippen LogP contribution >= 0.6 is 15.9 Å². The van der Waals surface area contributed by atoms with E-state index in [-0.39, 0.29) is 5.91 Å². The zero-order valence-corrected chi connectivity index (χ0v) is 19.0. The quantitative estimate of drug-likeness (QED) is 0.466. The zero-order chi connectivity index (χ0) is 22.1. The van der Waals surface area contributed by atoms with E-state index in [1.165, 1.54) is 0 Å². The number of nitrogens with zero attached hydrogens (tertiary/aromatic N) is 7. The topological polar surface area (TPSA) is 91.6 Å². The van der Waals surface area contributed by atoms with Crippen LogP contribution < -0.4 is 10.2 Å². The number of aromatic nitrogens is 5. The molecule has 5 heterocycles. The Morgan fingerprint density at radius 2 is 1.84 bits per heavy atom. The fraction of sp³-hybridized carbons (Fsp3) is 0.227. The highest BCUT2D eigenvalue weighted by molar-refractivity contribution is 9.10. The van der Waals surface area contributed by atoms with E-state index in [4.69, 9.17) is 0 Å². The van der Waals surface area contributed by atoms with Gasteiger partial charge in [-0.15, -0.1) is 0 Å². The molecule has 4 aromatic heterocycles. The minimum absolute atomic E-state index is 0.126. The van der Waals surface area contributed by atoms with E-state index in [0.29, 0.717) is 11.8 Å². The molecule has 0 aromatic carbocycles. The summed E-state index contributed by atoms with van der Waals surface area (Å²) in [6.07, 6.45) is 7.30. The van der Waals surface area contributed by atoms with Crippen molar-refractivity contribution in [1.82, 2.24) is 29.2 Å². The molecule has 1 amide bonds. The Hall–Kier alpha value is -3.53. The number of rotatable bonds is 4. The second-order valence-corrected chi connectivity index (χ2v) is 8.42. The summed E-state index contributed by atoms with van der Waals surface area (Å²) in [6.45, 7) is 4.68. The first kappa shape index (κ1) is 20.4. The number of carbonyl (C=O) groups excluding carboxylic acids is 1. The average Bonchev–Trinajstić information content (AvgIpc) is 3.23. The van der Waals surface area contributed by atoms with Crippen molar-refractivity contribution < 1.29 is 4.79 Å². The van der Waals surface area contributed by atoms with Crippen LogP contribution in [-0.4, -0.2) is 61.3 Å². The number of anilines is 3. The minimum Gasteiger partial charge on any atom is -0.367 e. The molecule has 5 rings (SSSR count). The Morgan fingerprint density at radius 3 is 2.59 bits per heavy atom. The number of imidazole rings is 1. The number of halogens is 1. The van der Waals surface area contributed by atoms with Gasteiger partial charge < -0.3 is 15.1 Å². The minimum atomic E-state index is 0.126. The average molecular weight is 493 g/mol.